The standard InChI is InChI=1S/C16H24N2O2S/c1-10(2)13(14(19)18-15(17)20)21-12-8-6-11(7-9-12)16(3,4)5/h6-10,13H,1-5H3,(H3,17,18,19,20)/t13-/m0/s1. The number of carbonyl (C=O) groups excluding carboxylic acids is 2. The van der Waals surface area contributed by atoms with Crippen LogP contribution in [0, 0.1) is 5.92 Å². The fourth-order valence-electron chi connectivity index (χ4n) is 1.87. The van der Waals surface area contributed by atoms with Crippen LogP contribution >= 0.6 is 11.8 Å². The van der Waals surface area contributed by atoms with Gasteiger partial charge in [0.25, 0.3) is 0 Å². The van der Waals surface area contributed by atoms with Crippen LogP contribution in [-0.4, -0.2) is 17.2 Å². The summed E-state index contributed by atoms with van der Waals surface area (Å²) in [7, 11) is 0. The molecule has 0 aliphatic carbocycles. The van der Waals surface area contributed by atoms with Gasteiger partial charge in [-0.1, -0.05) is 46.8 Å². The third-order valence-corrected chi connectivity index (χ3v) is 4.65. The third kappa shape index (κ3) is 5.42. The topological polar surface area (TPSA) is 72.2 Å². The molecule has 0 aliphatic heterocycles. The molecule has 5 heteroatoms. The molecule has 1 atom stereocenters. The summed E-state index contributed by atoms with van der Waals surface area (Å²) in [4.78, 5) is 23.8. The van der Waals surface area contributed by atoms with E-state index in [0.717, 1.165) is 4.90 Å². The van der Waals surface area contributed by atoms with E-state index in [1.807, 2.05) is 26.0 Å². The zero-order chi connectivity index (χ0) is 16.2. The zero-order valence-electron chi connectivity index (χ0n) is 13.3. The Hall–Kier alpha value is -1.49. The summed E-state index contributed by atoms with van der Waals surface area (Å²) in [5.41, 5.74) is 6.36. The highest BCUT2D eigenvalue weighted by atomic mass is 32.2. The van der Waals surface area contributed by atoms with Crippen LogP contribution in [0.5, 0.6) is 0 Å². The van der Waals surface area contributed by atoms with Gasteiger partial charge in [-0.15, -0.1) is 11.8 Å². The summed E-state index contributed by atoms with van der Waals surface area (Å²) < 4.78 is 0. The number of carbonyl (C=O) groups is 2. The van der Waals surface area contributed by atoms with E-state index in [0.29, 0.717) is 0 Å². The van der Waals surface area contributed by atoms with Crippen LogP contribution in [-0.2, 0) is 10.2 Å². The van der Waals surface area contributed by atoms with E-state index in [4.69, 9.17) is 5.73 Å². The summed E-state index contributed by atoms with van der Waals surface area (Å²) in [6.45, 7) is 10.4. The van der Waals surface area contributed by atoms with Gasteiger partial charge in [-0.05, 0) is 29.0 Å². The first-order valence-electron chi connectivity index (χ1n) is 6.98. The molecule has 0 bridgehead atoms. The third-order valence-electron chi connectivity index (χ3n) is 3.09. The number of hydrogen-bond donors (Lipinski definition) is 2. The minimum absolute atomic E-state index is 0.0941. The predicted molar refractivity (Wildman–Crippen MR) is 87.4 cm³/mol. The van der Waals surface area contributed by atoms with Crippen molar-refractivity contribution in [1.82, 2.24) is 5.32 Å². The van der Waals surface area contributed by atoms with Crippen molar-refractivity contribution in [2.75, 3.05) is 0 Å². The second kappa shape index (κ2) is 6.98. The van der Waals surface area contributed by atoms with Gasteiger partial charge in [0.05, 0.1) is 5.25 Å². The minimum Gasteiger partial charge on any atom is -0.351 e. The molecule has 0 aromatic heterocycles. The molecule has 0 saturated heterocycles. The normalized spacial score (nSPS) is 13.0. The summed E-state index contributed by atoms with van der Waals surface area (Å²) in [5.74, 6) is -0.251. The molecule has 0 fully saturated rings. The van der Waals surface area contributed by atoms with Gasteiger partial charge in [-0.2, -0.15) is 0 Å². The SMILES string of the molecule is CC(C)[C@H](Sc1ccc(C(C)(C)C)cc1)C(=O)NC(N)=O. The van der Waals surface area contributed by atoms with Crippen molar-refractivity contribution in [3.8, 4) is 0 Å². The molecule has 0 radical (unpaired) electrons. The van der Waals surface area contributed by atoms with E-state index in [2.05, 4.69) is 38.2 Å². The van der Waals surface area contributed by atoms with E-state index in [1.54, 1.807) is 0 Å². The van der Waals surface area contributed by atoms with E-state index < -0.39 is 6.03 Å². The van der Waals surface area contributed by atoms with Crippen molar-refractivity contribution >= 4 is 23.7 Å². The second-order valence-electron chi connectivity index (χ2n) is 6.41. The first kappa shape index (κ1) is 17.6. The highest BCUT2D eigenvalue weighted by Gasteiger charge is 2.24. The number of urea groups is 1. The summed E-state index contributed by atoms with van der Waals surface area (Å²) in [5, 5.41) is 1.81. The fourth-order valence-corrected chi connectivity index (χ4v) is 2.89. The van der Waals surface area contributed by atoms with Gasteiger partial charge in [0.2, 0.25) is 5.91 Å². The molecule has 116 valence electrons. The monoisotopic (exact) mass is 308 g/mol. The van der Waals surface area contributed by atoms with Crippen LogP contribution in [0.25, 0.3) is 0 Å². The van der Waals surface area contributed by atoms with Crippen LogP contribution in [0.1, 0.15) is 40.2 Å². The van der Waals surface area contributed by atoms with Crippen LogP contribution in [0.4, 0.5) is 4.79 Å². The Balaban J connectivity index is 2.85. The van der Waals surface area contributed by atoms with Crippen molar-refractivity contribution in [2.45, 2.75) is 50.2 Å². The Morgan fingerprint density at radius 3 is 2.05 bits per heavy atom. The molecule has 1 rings (SSSR count). The molecule has 1 aromatic carbocycles. The summed E-state index contributed by atoms with van der Waals surface area (Å²) >= 11 is 1.45. The lowest BCUT2D eigenvalue weighted by Gasteiger charge is -2.21. The number of amides is 3. The van der Waals surface area contributed by atoms with Gasteiger partial charge in [0.15, 0.2) is 0 Å². The van der Waals surface area contributed by atoms with E-state index >= 15 is 0 Å². The van der Waals surface area contributed by atoms with Crippen LogP contribution in [0.3, 0.4) is 0 Å². The van der Waals surface area contributed by atoms with Gasteiger partial charge in [-0.3, -0.25) is 10.1 Å². The molecule has 0 saturated carbocycles. The van der Waals surface area contributed by atoms with Gasteiger partial charge < -0.3 is 5.73 Å². The molecular weight excluding hydrogens is 284 g/mol. The molecule has 0 spiro atoms. The Morgan fingerprint density at radius 1 is 1.14 bits per heavy atom. The van der Waals surface area contributed by atoms with E-state index in [-0.39, 0.29) is 22.5 Å². The molecule has 1 aromatic rings. The first-order valence-corrected chi connectivity index (χ1v) is 7.86. The maximum Gasteiger partial charge on any atom is 0.318 e. The van der Waals surface area contributed by atoms with Crippen LogP contribution in [0.2, 0.25) is 0 Å². The Morgan fingerprint density at radius 2 is 1.67 bits per heavy atom. The highest BCUT2D eigenvalue weighted by molar-refractivity contribution is 8.00. The molecule has 3 amide bonds. The molecule has 4 nitrogen and oxygen atoms in total. The van der Waals surface area contributed by atoms with Gasteiger partial charge >= 0.3 is 6.03 Å². The lowest BCUT2D eigenvalue weighted by atomic mass is 9.87. The van der Waals surface area contributed by atoms with Crippen LogP contribution < -0.4 is 11.1 Å². The van der Waals surface area contributed by atoms with E-state index in [1.165, 1.54) is 17.3 Å². The number of primary amides is 1. The lowest BCUT2D eigenvalue weighted by molar-refractivity contribution is -0.120. The number of nitrogens with two attached hydrogens (primary N) is 1. The summed E-state index contributed by atoms with van der Waals surface area (Å²) in [6.07, 6.45) is 0. The second-order valence-corrected chi connectivity index (χ2v) is 7.63. The first-order chi connectivity index (χ1) is 9.61. The van der Waals surface area contributed by atoms with Gasteiger partial charge in [-0.25, -0.2) is 4.79 Å². The quantitative estimate of drug-likeness (QED) is 0.838. The largest absolute Gasteiger partial charge is 0.351 e. The van der Waals surface area contributed by atoms with E-state index in [9.17, 15) is 9.59 Å². The average molecular weight is 308 g/mol. The molecule has 3 N–H and O–H groups in total. The number of nitrogens with one attached hydrogen (secondary N) is 1. The maximum atomic E-state index is 12.0. The molecular formula is C16H24N2O2S. The lowest BCUT2D eigenvalue weighted by Crippen LogP contribution is -2.42. The average Bonchev–Trinajstić information content (AvgIpc) is 2.34. The Bertz CT molecular complexity index is 504. The fraction of sp³-hybridized carbons (Fsp3) is 0.500. The van der Waals surface area contributed by atoms with Crippen molar-refractivity contribution in [1.29, 1.82) is 0 Å². The summed E-state index contributed by atoms with van der Waals surface area (Å²) in [6, 6.07) is 7.36. The zero-order valence-corrected chi connectivity index (χ0v) is 14.1. The maximum absolute atomic E-state index is 12.0. The van der Waals surface area contributed by atoms with Gasteiger partial charge in [0, 0.05) is 4.90 Å². The van der Waals surface area contributed by atoms with Crippen molar-refractivity contribution < 1.29 is 9.59 Å². The van der Waals surface area contributed by atoms with Crippen molar-refractivity contribution in [3.63, 3.8) is 0 Å². The number of hydrogen-bond acceptors (Lipinski definition) is 3. The van der Waals surface area contributed by atoms with Crippen LogP contribution in [0.15, 0.2) is 29.2 Å². The van der Waals surface area contributed by atoms with Crippen molar-refractivity contribution in [3.05, 3.63) is 29.8 Å². The number of rotatable bonds is 4. The Labute approximate surface area is 130 Å². The molecule has 0 aliphatic rings. The van der Waals surface area contributed by atoms with Crippen molar-refractivity contribution in [2.24, 2.45) is 11.7 Å². The predicted octanol–water partition coefficient (Wildman–Crippen LogP) is 3.30. The smallest absolute Gasteiger partial charge is 0.318 e. The minimum atomic E-state index is -0.811. The molecule has 21 heavy (non-hydrogen) atoms. The number of benzene rings is 1. The van der Waals surface area contributed by atoms with Gasteiger partial charge in [0.1, 0.15) is 0 Å². The number of thioether (sulfide) groups is 1. The molecule has 0 unspecified atom stereocenters. The molecule has 0 heterocycles. The highest BCUT2D eigenvalue weighted by Crippen LogP contribution is 2.30. The number of imide groups is 1. The Kier molecular flexibility index (Phi) is 5.84.